The molecule has 0 heterocycles. The van der Waals surface area contributed by atoms with Gasteiger partial charge >= 0.3 is 0 Å². The number of rotatable bonds is 6. The normalized spacial score (nSPS) is 27.9. The van der Waals surface area contributed by atoms with Crippen molar-refractivity contribution in [2.45, 2.75) is 19.3 Å². The van der Waals surface area contributed by atoms with E-state index in [0.29, 0.717) is 0 Å². The third-order valence-electron chi connectivity index (χ3n) is 4.57. The molecule has 0 unspecified atom stereocenters. The summed E-state index contributed by atoms with van der Waals surface area (Å²) in [4.78, 5) is 0. The molecule has 0 amide bonds. The van der Waals surface area contributed by atoms with Crippen molar-refractivity contribution in [2.24, 2.45) is 17.8 Å². The van der Waals surface area contributed by atoms with Crippen molar-refractivity contribution in [3.63, 3.8) is 0 Å². The Kier molecular flexibility index (Phi) is 3.88. The van der Waals surface area contributed by atoms with Gasteiger partial charge in [-0.2, -0.15) is 0 Å². The second-order valence-electron chi connectivity index (χ2n) is 5.84. The predicted molar refractivity (Wildman–Crippen MR) is 78.4 cm³/mol. The second kappa shape index (κ2) is 5.79. The minimum absolute atomic E-state index is 0.860. The quantitative estimate of drug-likeness (QED) is 0.625. The summed E-state index contributed by atoms with van der Waals surface area (Å²) >= 11 is 0. The smallest absolute Gasteiger partial charge is 0.118 e. The Hall–Kier alpha value is -1.28. The van der Waals surface area contributed by atoms with Crippen molar-refractivity contribution in [1.82, 2.24) is 5.32 Å². The van der Waals surface area contributed by atoms with Crippen LogP contribution in [-0.2, 0) is 6.42 Å². The molecule has 1 aromatic carbocycles. The summed E-state index contributed by atoms with van der Waals surface area (Å²) < 4.78 is 5.17. The Balaban J connectivity index is 1.37. The van der Waals surface area contributed by atoms with Gasteiger partial charge in [0.15, 0.2) is 0 Å². The summed E-state index contributed by atoms with van der Waals surface area (Å²) in [5, 5.41) is 3.62. The van der Waals surface area contributed by atoms with Gasteiger partial charge in [0.2, 0.25) is 0 Å². The molecule has 1 aromatic rings. The van der Waals surface area contributed by atoms with E-state index >= 15 is 0 Å². The van der Waals surface area contributed by atoms with E-state index in [1.54, 1.807) is 7.11 Å². The van der Waals surface area contributed by atoms with Crippen molar-refractivity contribution in [3.05, 3.63) is 42.0 Å². The maximum Gasteiger partial charge on any atom is 0.118 e. The molecule has 3 atom stereocenters. The van der Waals surface area contributed by atoms with Crippen molar-refractivity contribution < 1.29 is 4.74 Å². The molecule has 2 aliphatic carbocycles. The number of methoxy groups -OCH3 is 1. The van der Waals surface area contributed by atoms with Crippen LogP contribution in [0, 0.1) is 17.8 Å². The van der Waals surface area contributed by atoms with Crippen LogP contribution in [0.25, 0.3) is 0 Å². The van der Waals surface area contributed by atoms with Gasteiger partial charge in [-0.05, 0) is 67.8 Å². The molecule has 1 N–H and O–H groups in total. The summed E-state index contributed by atoms with van der Waals surface area (Å²) in [6.07, 6.45) is 8.75. The first-order chi connectivity index (χ1) is 9.35. The number of ether oxygens (including phenoxy) is 1. The fourth-order valence-corrected chi connectivity index (χ4v) is 3.44. The van der Waals surface area contributed by atoms with Gasteiger partial charge in [0, 0.05) is 0 Å². The summed E-state index contributed by atoms with van der Waals surface area (Å²) in [7, 11) is 1.71. The maximum absolute atomic E-state index is 5.17. The van der Waals surface area contributed by atoms with Crippen LogP contribution >= 0.6 is 0 Å². The van der Waals surface area contributed by atoms with E-state index in [4.69, 9.17) is 4.74 Å². The Bertz CT molecular complexity index is 437. The molecule has 2 bridgehead atoms. The number of nitrogens with one attached hydrogen (secondary N) is 1. The van der Waals surface area contributed by atoms with Crippen LogP contribution < -0.4 is 10.1 Å². The molecule has 1 saturated carbocycles. The fourth-order valence-electron chi connectivity index (χ4n) is 3.44. The Labute approximate surface area is 115 Å². The zero-order chi connectivity index (χ0) is 13.1. The highest BCUT2D eigenvalue weighted by Gasteiger charge is 2.34. The molecular weight excluding hydrogens is 234 g/mol. The third-order valence-corrected chi connectivity index (χ3v) is 4.57. The molecule has 0 saturated heterocycles. The number of benzene rings is 1. The van der Waals surface area contributed by atoms with Crippen LogP contribution in [0.2, 0.25) is 0 Å². The number of hydrogen-bond acceptors (Lipinski definition) is 2. The Morgan fingerprint density at radius 2 is 2.00 bits per heavy atom. The molecule has 102 valence electrons. The van der Waals surface area contributed by atoms with Crippen LogP contribution in [0.1, 0.15) is 18.4 Å². The first-order valence-electron chi connectivity index (χ1n) is 7.37. The maximum atomic E-state index is 5.17. The average Bonchev–Trinajstić information content (AvgIpc) is 3.07. The summed E-state index contributed by atoms with van der Waals surface area (Å²) in [5.74, 6) is 3.56. The van der Waals surface area contributed by atoms with Crippen LogP contribution in [-0.4, -0.2) is 20.2 Å². The van der Waals surface area contributed by atoms with Crippen molar-refractivity contribution in [1.29, 1.82) is 0 Å². The van der Waals surface area contributed by atoms with Gasteiger partial charge in [0.25, 0.3) is 0 Å². The molecule has 2 nitrogen and oxygen atoms in total. The number of hydrogen-bond donors (Lipinski definition) is 1. The lowest BCUT2D eigenvalue weighted by Crippen LogP contribution is -2.27. The molecule has 19 heavy (non-hydrogen) atoms. The minimum atomic E-state index is 0.860. The average molecular weight is 257 g/mol. The van der Waals surface area contributed by atoms with E-state index in [-0.39, 0.29) is 0 Å². The zero-order valence-corrected chi connectivity index (χ0v) is 11.6. The summed E-state index contributed by atoms with van der Waals surface area (Å²) in [6, 6.07) is 8.38. The molecular formula is C17H23NO. The highest BCUT2D eigenvalue weighted by atomic mass is 16.5. The van der Waals surface area contributed by atoms with Gasteiger partial charge in [0.05, 0.1) is 7.11 Å². The number of allylic oxidation sites excluding steroid dienone is 2. The highest BCUT2D eigenvalue weighted by Crippen LogP contribution is 2.42. The molecule has 2 aliphatic rings. The fraction of sp³-hybridized carbons (Fsp3) is 0.529. The van der Waals surface area contributed by atoms with Crippen molar-refractivity contribution >= 4 is 0 Å². The molecule has 0 aliphatic heterocycles. The molecule has 3 rings (SSSR count). The lowest BCUT2D eigenvalue weighted by Gasteiger charge is -2.18. The standard InChI is InChI=1S/C17H23NO/c1-19-17-6-3-13(4-7-17)8-9-18-12-16-11-14-2-5-15(16)10-14/h2-7,14-16,18H,8-12H2,1H3/t14-,15+,16-/m1/s1. The van der Waals surface area contributed by atoms with E-state index in [0.717, 1.165) is 36.5 Å². The van der Waals surface area contributed by atoms with Gasteiger partial charge in [-0.15, -0.1) is 0 Å². The first-order valence-corrected chi connectivity index (χ1v) is 7.37. The van der Waals surface area contributed by atoms with E-state index in [1.165, 1.54) is 24.9 Å². The van der Waals surface area contributed by atoms with Crippen LogP contribution in [0.15, 0.2) is 36.4 Å². The van der Waals surface area contributed by atoms with Gasteiger partial charge in [0.1, 0.15) is 5.75 Å². The lowest BCUT2D eigenvalue weighted by atomic mass is 9.93. The first kappa shape index (κ1) is 12.7. The lowest BCUT2D eigenvalue weighted by molar-refractivity contribution is 0.413. The van der Waals surface area contributed by atoms with Crippen LogP contribution in [0.3, 0.4) is 0 Å². The minimum Gasteiger partial charge on any atom is -0.497 e. The van der Waals surface area contributed by atoms with Crippen molar-refractivity contribution in [2.75, 3.05) is 20.2 Å². The van der Waals surface area contributed by atoms with Gasteiger partial charge < -0.3 is 10.1 Å². The van der Waals surface area contributed by atoms with E-state index in [1.807, 2.05) is 12.1 Å². The van der Waals surface area contributed by atoms with E-state index < -0.39 is 0 Å². The highest BCUT2D eigenvalue weighted by molar-refractivity contribution is 5.27. The van der Waals surface area contributed by atoms with E-state index in [2.05, 4.69) is 29.6 Å². The number of fused-ring (bicyclic) bond motifs is 2. The third kappa shape index (κ3) is 3.01. The zero-order valence-electron chi connectivity index (χ0n) is 11.6. The SMILES string of the molecule is COc1ccc(CCNC[C@H]2C[C@@H]3C=C[C@H]2C3)cc1. The topological polar surface area (TPSA) is 21.3 Å². The Morgan fingerprint density at radius 1 is 1.16 bits per heavy atom. The van der Waals surface area contributed by atoms with Crippen LogP contribution in [0.5, 0.6) is 5.75 Å². The molecule has 2 heteroatoms. The molecule has 1 fully saturated rings. The van der Waals surface area contributed by atoms with Crippen molar-refractivity contribution in [3.8, 4) is 5.75 Å². The second-order valence-corrected chi connectivity index (χ2v) is 5.84. The van der Waals surface area contributed by atoms with E-state index in [9.17, 15) is 0 Å². The largest absolute Gasteiger partial charge is 0.497 e. The van der Waals surface area contributed by atoms with Gasteiger partial charge in [-0.25, -0.2) is 0 Å². The summed E-state index contributed by atoms with van der Waals surface area (Å²) in [6.45, 7) is 2.26. The summed E-state index contributed by atoms with van der Waals surface area (Å²) in [5.41, 5.74) is 1.38. The molecule has 0 spiro atoms. The molecule has 0 radical (unpaired) electrons. The van der Waals surface area contributed by atoms with Gasteiger partial charge in [-0.3, -0.25) is 0 Å². The predicted octanol–water partition coefficient (Wildman–Crippen LogP) is 3.04. The molecule has 0 aromatic heterocycles. The van der Waals surface area contributed by atoms with Gasteiger partial charge in [-0.1, -0.05) is 24.3 Å². The monoisotopic (exact) mass is 257 g/mol. The Morgan fingerprint density at radius 3 is 2.63 bits per heavy atom. The van der Waals surface area contributed by atoms with Crippen LogP contribution in [0.4, 0.5) is 0 Å².